The van der Waals surface area contributed by atoms with Crippen molar-refractivity contribution < 1.29 is 4.74 Å². The molecule has 0 aliphatic carbocycles. The fourth-order valence-corrected chi connectivity index (χ4v) is 2.25. The van der Waals surface area contributed by atoms with Gasteiger partial charge in [0.1, 0.15) is 11.6 Å². The number of nitrogens with two attached hydrogens (primary N) is 1. The zero-order chi connectivity index (χ0) is 14.7. The van der Waals surface area contributed by atoms with E-state index in [9.17, 15) is 0 Å². The molecule has 5 heteroatoms. The van der Waals surface area contributed by atoms with Crippen LogP contribution in [0.2, 0.25) is 0 Å². The summed E-state index contributed by atoms with van der Waals surface area (Å²) in [5.74, 6) is 7.18. The second-order valence-corrected chi connectivity index (χ2v) is 4.68. The molecule has 0 fully saturated rings. The lowest BCUT2D eigenvalue weighted by molar-refractivity contribution is 0.415. The summed E-state index contributed by atoms with van der Waals surface area (Å²) in [4.78, 5) is 7.82. The number of imidazole rings is 1. The number of nitrogens with zero attached hydrogens (tertiary/aromatic N) is 2. The molecule has 1 aromatic heterocycles. The highest BCUT2D eigenvalue weighted by molar-refractivity contribution is 6.01. The van der Waals surface area contributed by atoms with Crippen molar-refractivity contribution >= 4 is 16.7 Å². The third-order valence-electron chi connectivity index (χ3n) is 3.35. The minimum atomic E-state index is 0.553. The molecule has 3 aromatic rings. The molecule has 0 unspecified atom stereocenters. The number of ether oxygens (including phenoxy) is 1. The highest BCUT2D eigenvalue weighted by atomic mass is 16.5. The Labute approximate surface area is 122 Å². The Hall–Kier alpha value is -2.82. The first-order valence-electron chi connectivity index (χ1n) is 6.65. The number of aromatic nitrogens is 2. The van der Waals surface area contributed by atoms with Crippen LogP contribution in [0.5, 0.6) is 5.75 Å². The van der Waals surface area contributed by atoms with Crippen LogP contribution in [0.15, 0.2) is 53.6 Å². The Kier molecular flexibility index (Phi) is 3.55. The van der Waals surface area contributed by atoms with E-state index < -0.39 is 0 Å². The van der Waals surface area contributed by atoms with Gasteiger partial charge in [-0.3, -0.25) is 0 Å². The van der Waals surface area contributed by atoms with Gasteiger partial charge in [-0.05, 0) is 42.0 Å². The number of methoxy groups -OCH3 is 1. The van der Waals surface area contributed by atoms with Crippen LogP contribution in [0.4, 0.5) is 0 Å². The number of benzene rings is 2. The monoisotopic (exact) mass is 280 g/mol. The minimum Gasteiger partial charge on any atom is -0.497 e. The van der Waals surface area contributed by atoms with Crippen LogP contribution in [0.3, 0.4) is 0 Å². The molecule has 1 heterocycles. The molecule has 2 aromatic carbocycles. The fraction of sp³-hybridized carbons (Fsp3) is 0.125. The Balaban J connectivity index is 1.86. The highest BCUT2D eigenvalue weighted by Gasteiger charge is 2.09. The van der Waals surface area contributed by atoms with E-state index in [4.69, 9.17) is 10.6 Å². The van der Waals surface area contributed by atoms with Crippen molar-refractivity contribution in [3.8, 4) is 5.75 Å². The molecule has 0 radical (unpaired) electrons. The van der Waals surface area contributed by atoms with Gasteiger partial charge in [0.25, 0.3) is 0 Å². The van der Waals surface area contributed by atoms with Gasteiger partial charge >= 0.3 is 0 Å². The first kappa shape index (κ1) is 13.2. The Bertz CT molecular complexity index is 741. The average molecular weight is 280 g/mol. The van der Waals surface area contributed by atoms with Gasteiger partial charge in [-0.15, -0.1) is 0 Å². The third kappa shape index (κ3) is 2.72. The van der Waals surface area contributed by atoms with Gasteiger partial charge in [0.2, 0.25) is 0 Å². The van der Waals surface area contributed by atoms with Crippen LogP contribution in [0.1, 0.15) is 11.4 Å². The predicted octanol–water partition coefficient (Wildman–Crippen LogP) is 2.48. The Morgan fingerprint density at radius 3 is 2.62 bits per heavy atom. The lowest BCUT2D eigenvalue weighted by Gasteiger charge is -2.05. The zero-order valence-electron chi connectivity index (χ0n) is 11.7. The summed E-state index contributed by atoms with van der Waals surface area (Å²) in [5.41, 5.74) is 3.69. The number of hydrogen-bond donors (Lipinski definition) is 2. The molecule has 21 heavy (non-hydrogen) atoms. The van der Waals surface area contributed by atoms with Crippen molar-refractivity contribution in [3.63, 3.8) is 0 Å². The smallest absolute Gasteiger partial charge is 0.118 e. The molecule has 0 aliphatic heterocycles. The molecule has 3 rings (SSSR count). The molecular weight excluding hydrogens is 264 g/mol. The van der Waals surface area contributed by atoms with E-state index in [1.807, 2.05) is 48.5 Å². The average Bonchev–Trinajstić information content (AvgIpc) is 2.95. The van der Waals surface area contributed by atoms with Crippen molar-refractivity contribution in [2.24, 2.45) is 10.9 Å². The molecule has 3 N–H and O–H groups in total. The summed E-state index contributed by atoms with van der Waals surface area (Å²) in [5, 5.41) is 3.90. The summed E-state index contributed by atoms with van der Waals surface area (Å²) >= 11 is 0. The third-order valence-corrected chi connectivity index (χ3v) is 3.35. The molecule has 0 aliphatic rings. The van der Waals surface area contributed by atoms with Crippen molar-refractivity contribution in [2.75, 3.05) is 7.11 Å². The van der Waals surface area contributed by atoms with Crippen LogP contribution >= 0.6 is 0 Å². The maximum Gasteiger partial charge on any atom is 0.118 e. The van der Waals surface area contributed by atoms with Crippen LogP contribution in [0.25, 0.3) is 11.0 Å². The second-order valence-electron chi connectivity index (χ2n) is 4.68. The second kappa shape index (κ2) is 5.66. The molecule has 0 amide bonds. The lowest BCUT2D eigenvalue weighted by atomic mass is 10.1. The van der Waals surface area contributed by atoms with E-state index in [0.717, 1.165) is 33.9 Å². The Morgan fingerprint density at radius 2 is 1.95 bits per heavy atom. The van der Waals surface area contributed by atoms with Gasteiger partial charge in [-0.2, -0.15) is 5.10 Å². The molecule has 106 valence electrons. The summed E-state index contributed by atoms with van der Waals surface area (Å²) in [6.45, 7) is 0. The van der Waals surface area contributed by atoms with Crippen molar-refractivity contribution in [1.29, 1.82) is 0 Å². The largest absolute Gasteiger partial charge is 0.497 e. The standard InChI is InChI=1S/C16H16N4O/c1-21-12-8-6-11(7-9-12)15(20-17)10-16-18-13-4-2-3-5-14(13)19-16/h2-9H,10,17H2,1H3,(H,18,19)/b20-15-. The first-order chi connectivity index (χ1) is 10.3. The summed E-state index contributed by atoms with van der Waals surface area (Å²) < 4.78 is 5.15. The molecule has 0 saturated heterocycles. The summed E-state index contributed by atoms with van der Waals surface area (Å²) in [6.07, 6.45) is 0.553. The summed E-state index contributed by atoms with van der Waals surface area (Å²) in [6, 6.07) is 15.6. The number of rotatable bonds is 4. The SMILES string of the molecule is COc1ccc(/C(Cc2nc3ccccc3[nH]2)=N\N)cc1. The number of H-pyrrole nitrogens is 1. The van der Waals surface area contributed by atoms with Crippen LogP contribution in [0, 0.1) is 0 Å². The van der Waals surface area contributed by atoms with E-state index in [-0.39, 0.29) is 0 Å². The highest BCUT2D eigenvalue weighted by Crippen LogP contribution is 2.15. The number of fused-ring (bicyclic) bond motifs is 1. The molecule has 0 atom stereocenters. The minimum absolute atomic E-state index is 0.553. The molecule has 0 bridgehead atoms. The fourth-order valence-electron chi connectivity index (χ4n) is 2.25. The topological polar surface area (TPSA) is 76.3 Å². The quantitative estimate of drug-likeness (QED) is 0.438. The predicted molar refractivity (Wildman–Crippen MR) is 83.5 cm³/mol. The van der Waals surface area contributed by atoms with E-state index in [1.54, 1.807) is 7.11 Å². The van der Waals surface area contributed by atoms with Crippen molar-refractivity contribution in [3.05, 3.63) is 59.9 Å². The maximum absolute atomic E-state index is 5.53. The van der Waals surface area contributed by atoms with E-state index in [1.165, 1.54) is 0 Å². The van der Waals surface area contributed by atoms with Crippen LogP contribution in [-0.4, -0.2) is 22.8 Å². The Morgan fingerprint density at radius 1 is 1.19 bits per heavy atom. The van der Waals surface area contributed by atoms with Crippen LogP contribution < -0.4 is 10.6 Å². The van der Waals surface area contributed by atoms with Crippen LogP contribution in [-0.2, 0) is 6.42 Å². The van der Waals surface area contributed by atoms with E-state index in [0.29, 0.717) is 6.42 Å². The number of nitrogens with one attached hydrogen (secondary N) is 1. The number of hydrazone groups is 1. The van der Waals surface area contributed by atoms with Crippen molar-refractivity contribution in [2.45, 2.75) is 6.42 Å². The lowest BCUT2D eigenvalue weighted by Crippen LogP contribution is -2.09. The number of para-hydroxylation sites is 2. The van der Waals surface area contributed by atoms with E-state index in [2.05, 4.69) is 15.1 Å². The van der Waals surface area contributed by atoms with Gasteiger partial charge in [0.05, 0.1) is 30.3 Å². The van der Waals surface area contributed by atoms with Crippen molar-refractivity contribution in [1.82, 2.24) is 9.97 Å². The molecule has 0 spiro atoms. The van der Waals surface area contributed by atoms with Gasteiger partial charge in [-0.1, -0.05) is 12.1 Å². The number of hydrogen-bond acceptors (Lipinski definition) is 4. The summed E-state index contributed by atoms with van der Waals surface area (Å²) in [7, 11) is 1.64. The molecular formula is C16H16N4O. The molecule has 5 nitrogen and oxygen atoms in total. The zero-order valence-corrected chi connectivity index (χ0v) is 11.7. The van der Waals surface area contributed by atoms with E-state index >= 15 is 0 Å². The van der Waals surface area contributed by atoms with Gasteiger partial charge in [0, 0.05) is 0 Å². The van der Waals surface area contributed by atoms with Gasteiger partial charge in [-0.25, -0.2) is 4.98 Å². The van der Waals surface area contributed by atoms with Gasteiger partial charge in [0.15, 0.2) is 0 Å². The number of aromatic amines is 1. The van der Waals surface area contributed by atoms with Gasteiger partial charge < -0.3 is 15.6 Å². The maximum atomic E-state index is 5.53. The normalized spacial score (nSPS) is 11.8. The first-order valence-corrected chi connectivity index (χ1v) is 6.65. The molecule has 0 saturated carbocycles.